The molecule has 0 saturated carbocycles. The first kappa shape index (κ1) is 19.2. The topological polar surface area (TPSA) is 72.5 Å². The van der Waals surface area contributed by atoms with Gasteiger partial charge in [-0.05, 0) is 19.1 Å². The summed E-state index contributed by atoms with van der Waals surface area (Å²) in [4.78, 5) is 7.11. The fourth-order valence-electron chi connectivity index (χ4n) is 3.41. The van der Waals surface area contributed by atoms with Crippen LogP contribution >= 0.6 is 0 Å². The normalized spacial score (nSPS) is 17.5. The molecule has 2 aromatic heterocycles. The Morgan fingerprint density at radius 1 is 1.21 bits per heavy atom. The summed E-state index contributed by atoms with van der Waals surface area (Å²) in [7, 11) is 1.92. The summed E-state index contributed by atoms with van der Waals surface area (Å²) in [5, 5.41) is 12.1. The molecule has 3 aromatic rings. The van der Waals surface area contributed by atoms with Gasteiger partial charge >= 0.3 is 0 Å². The minimum atomic E-state index is 0.00198. The van der Waals surface area contributed by atoms with Crippen LogP contribution in [0.4, 0.5) is 0 Å². The maximum absolute atomic E-state index is 5.96. The van der Waals surface area contributed by atoms with Crippen LogP contribution in [0, 0.1) is 0 Å². The van der Waals surface area contributed by atoms with Crippen molar-refractivity contribution in [2.24, 2.45) is 12.0 Å². The molecule has 0 bridgehead atoms. The first-order valence-corrected chi connectivity index (χ1v) is 9.95. The largest absolute Gasteiger partial charge is 0.370 e. The van der Waals surface area contributed by atoms with Gasteiger partial charge in [0.25, 0.3) is 0 Å². The molecule has 4 rings (SSSR count). The van der Waals surface area contributed by atoms with Crippen molar-refractivity contribution in [2.45, 2.75) is 19.6 Å². The summed E-state index contributed by atoms with van der Waals surface area (Å²) < 4.78 is 9.65. The van der Waals surface area contributed by atoms with Gasteiger partial charge in [-0.25, -0.2) is 9.67 Å². The second-order valence-electron chi connectivity index (χ2n) is 7.05. The van der Waals surface area contributed by atoms with Gasteiger partial charge in [0.2, 0.25) is 0 Å². The van der Waals surface area contributed by atoms with E-state index in [4.69, 9.17) is 9.73 Å². The van der Waals surface area contributed by atoms with Gasteiger partial charge in [-0.2, -0.15) is 10.2 Å². The molecule has 1 aromatic carbocycles. The molecule has 0 radical (unpaired) electrons. The average molecular weight is 393 g/mol. The third-order valence-corrected chi connectivity index (χ3v) is 4.87. The fourth-order valence-corrected chi connectivity index (χ4v) is 3.41. The van der Waals surface area contributed by atoms with E-state index in [2.05, 4.69) is 27.3 Å². The highest BCUT2D eigenvalue weighted by Gasteiger charge is 2.25. The quantitative estimate of drug-likeness (QED) is 0.531. The Labute approximate surface area is 170 Å². The Bertz CT molecular complexity index is 947. The van der Waals surface area contributed by atoms with Crippen molar-refractivity contribution in [2.75, 3.05) is 26.2 Å². The van der Waals surface area contributed by atoms with Crippen LogP contribution in [0.25, 0.3) is 5.69 Å². The van der Waals surface area contributed by atoms with E-state index in [1.807, 2.05) is 66.8 Å². The van der Waals surface area contributed by atoms with Crippen LogP contribution in [0.1, 0.15) is 24.2 Å². The molecule has 1 atom stereocenters. The molecule has 0 spiro atoms. The highest BCUT2D eigenvalue weighted by Crippen LogP contribution is 2.21. The van der Waals surface area contributed by atoms with Crippen LogP contribution in [0.15, 0.2) is 60.1 Å². The number of para-hydroxylation sites is 1. The molecule has 8 nitrogen and oxygen atoms in total. The number of aromatic nitrogens is 4. The van der Waals surface area contributed by atoms with Crippen molar-refractivity contribution in [1.82, 2.24) is 29.8 Å². The first-order chi connectivity index (χ1) is 14.2. The molecule has 3 heterocycles. The smallest absolute Gasteiger partial charge is 0.194 e. The van der Waals surface area contributed by atoms with E-state index in [9.17, 15) is 0 Å². The van der Waals surface area contributed by atoms with Crippen LogP contribution in [0.3, 0.4) is 0 Å². The maximum atomic E-state index is 5.96. The van der Waals surface area contributed by atoms with Gasteiger partial charge in [0.1, 0.15) is 6.10 Å². The number of guanidine groups is 1. The predicted octanol–water partition coefficient (Wildman–Crippen LogP) is 2.14. The van der Waals surface area contributed by atoms with E-state index in [-0.39, 0.29) is 6.10 Å². The lowest BCUT2D eigenvalue weighted by atomic mass is 10.1. The Morgan fingerprint density at radius 3 is 2.83 bits per heavy atom. The van der Waals surface area contributed by atoms with E-state index < -0.39 is 0 Å². The zero-order valence-electron chi connectivity index (χ0n) is 16.9. The monoisotopic (exact) mass is 393 g/mol. The standard InChI is InChI=1S/C21H27N7O/c1-3-22-21(27-9-10-29-20(16-27)18-13-24-26(2)15-18)23-11-17-12-25-28(14-17)19-7-5-4-6-8-19/h4-8,12-15,20H,3,9-11,16H2,1-2H3,(H,22,23). The molecule has 0 aliphatic carbocycles. The molecule has 0 amide bonds. The number of nitrogens with zero attached hydrogens (tertiary/aromatic N) is 6. The van der Waals surface area contributed by atoms with Gasteiger partial charge in [-0.15, -0.1) is 0 Å². The lowest BCUT2D eigenvalue weighted by Gasteiger charge is -2.34. The summed E-state index contributed by atoms with van der Waals surface area (Å²) in [6, 6.07) is 10.1. The summed E-state index contributed by atoms with van der Waals surface area (Å²) in [5.74, 6) is 0.900. The SMILES string of the molecule is CCNC(=NCc1cnn(-c2ccccc2)c1)N1CCOC(c2cnn(C)c2)C1. The predicted molar refractivity (Wildman–Crippen MR) is 112 cm³/mol. The third-order valence-electron chi connectivity index (χ3n) is 4.87. The molecule has 1 fully saturated rings. The van der Waals surface area contributed by atoms with Gasteiger partial charge in [-0.3, -0.25) is 4.68 Å². The number of benzene rings is 1. The van der Waals surface area contributed by atoms with E-state index in [0.717, 1.165) is 42.4 Å². The van der Waals surface area contributed by atoms with Crippen molar-refractivity contribution in [3.8, 4) is 5.69 Å². The van der Waals surface area contributed by atoms with Gasteiger partial charge in [-0.1, -0.05) is 18.2 Å². The van der Waals surface area contributed by atoms with Crippen molar-refractivity contribution < 1.29 is 4.74 Å². The third kappa shape index (κ3) is 4.65. The lowest BCUT2D eigenvalue weighted by molar-refractivity contribution is -0.00805. The van der Waals surface area contributed by atoms with E-state index in [0.29, 0.717) is 13.2 Å². The minimum absolute atomic E-state index is 0.00198. The zero-order chi connectivity index (χ0) is 20.1. The number of hydrogen-bond donors (Lipinski definition) is 1. The molecule has 8 heteroatoms. The maximum Gasteiger partial charge on any atom is 0.194 e. The second-order valence-corrected chi connectivity index (χ2v) is 7.05. The number of morpholine rings is 1. The van der Waals surface area contributed by atoms with Crippen LogP contribution < -0.4 is 5.32 Å². The molecule has 1 aliphatic rings. The van der Waals surface area contributed by atoms with Crippen LogP contribution in [0.5, 0.6) is 0 Å². The summed E-state index contributed by atoms with van der Waals surface area (Å²) in [5.41, 5.74) is 3.21. The summed E-state index contributed by atoms with van der Waals surface area (Å²) in [6.07, 6.45) is 7.78. The molecule has 152 valence electrons. The van der Waals surface area contributed by atoms with Gasteiger partial charge < -0.3 is 15.0 Å². The molecule has 1 unspecified atom stereocenters. The van der Waals surface area contributed by atoms with Gasteiger partial charge in [0.15, 0.2) is 5.96 Å². The Balaban J connectivity index is 1.45. The number of ether oxygens (including phenoxy) is 1. The Kier molecular flexibility index (Phi) is 5.90. The number of hydrogen-bond acceptors (Lipinski definition) is 4. The number of aryl methyl sites for hydroxylation is 1. The molecule has 29 heavy (non-hydrogen) atoms. The molecule has 1 aliphatic heterocycles. The Morgan fingerprint density at radius 2 is 2.07 bits per heavy atom. The van der Waals surface area contributed by atoms with Crippen molar-refractivity contribution in [1.29, 1.82) is 0 Å². The molecule has 1 saturated heterocycles. The highest BCUT2D eigenvalue weighted by atomic mass is 16.5. The summed E-state index contributed by atoms with van der Waals surface area (Å²) >= 11 is 0. The lowest BCUT2D eigenvalue weighted by Crippen LogP contribution is -2.48. The summed E-state index contributed by atoms with van der Waals surface area (Å²) in [6.45, 7) is 5.70. The minimum Gasteiger partial charge on any atom is -0.370 e. The van der Waals surface area contributed by atoms with Gasteiger partial charge in [0, 0.05) is 43.7 Å². The molecular weight excluding hydrogens is 366 g/mol. The second kappa shape index (κ2) is 8.91. The van der Waals surface area contributed by atoms with E-state index in [1.54, 1.807) is 4.68 Å². The number of rotatable bonds is 5. The highest BCUT2D eigenvalue weighted by molar-refractivity contribution is 5.80. The first-order valence-electron chi connectivity index (χ1n) is 9.95. The van der Waals surface area contributed by atoms with E-state index >= 15 is 0 Å². The number of nitrogens with one attached hydrogen (secondary N) is 1. The van der Waals surface area contributed by atoms with Crippen molar-refractivity contribution in [3.63, 3.8) is 0 Å². The van der Waals surface area contributed by atoms with Crippen LogP contribution in [-0.2, 0) is 18.3 Å². The molecule has 1 N–H and O–H groups in total. The van der Waals surface area contributed by atoms with Crippen LogP contribution in [0.2, 0.25) is 0 Å². The number of aliphatic imine (C=N–C) groups is 1. The van der Waals surface area contributed by atoms with E-state index in [1.165, 1.54) is 0 Å². The fraction of sp³-hybridized carbons (Fsp3) is 0.381. The van der Waals surface area contributed by atoms with Gasteiger partial charge in [0.05, 0.1) is 37.8 Å². The van der Waals surface area contributed by atoms with Crippen molar-refractivity contribution >= 4 is 5.96 Å². The zero-order valence-corrected chi connectivity index (χ0v) is 16.9. The Hall–Kier alpha value is -3.13. The average Bonchev–Trinajstić information content (AvgIpc) is 3.41. The van der Waals surface area contributed by atoms with Crippen molar-refractivity contribution in [3.05, 3.63) is 66.2 Å². The molecular formula is C21H27N7O. The van der Waals surface area contributed by atoms with Crippen LogP contribution in [-0.4, -0.2) is 56.7 Å².